The Balaban J connectivity index is 1.70. The summed E-state index contributed by atoms with van der Waals surface area (Å²) in [4.78, 5) is 0. The van der Waals surface area contributed by atoms with Crippen LogP contribution in [0.4, 0.5) is 0 Å². The van der Waals surface area contributed by atoms with E-state index < -0.39 is 15.8 Å². The first-order valence-corrected chi connectivity index (χ1v) is 20.6. The molecule has 0 spiro atoms. The SMILES string of the molecule is CCCC(C)(C(c1ccccc1)P(c1ccc(C)cc1)c1ccc(C)cc1)C(c1ccccc1)P(c1ccc(C)cc1)c1ccc(C)cc1. The summed E-state index contributed by atoms with van der Waals surface area (Å²) < 4.78 is 0. The Hall–Kier alpha value is -3.82. The molecule has 0 N–H and O–H groups in total. The summed E-state index contributed by atoms with van der Waals surface area (Å²) in [5.41, 5.74) is 8.52. The van der Waals surface area contributed by atoms with Gasteiger partial charge in [0.05, 0.1) is 0 Å². The predicted octanol–water partition coefficient (Wildman–Crippen LogP) is 11.8. The van der Waals surface area contributed by atoms with Crippen LogP contribution in [0.2, 0.25) is 0 Å². The lowest BCUT2D eigenvalue weighted by molar-refractivity contribution is 0.270. The van der Waals surface area contributed by atoms with E-state index in [2.05, 4.69) is 199 Å². The standard InChI is InChI=1S/C47H50P2/c1-7-34-47(6,45(39-14-10-8-11-15-39)48(41-26-18-35(2)19-27-41)42-28-20-36(3)21-29-42)46(40-16-12-9-13-17-40)49(43-30-22-37(4)23-31-43)44-32-24-38(5)25-33-44/h8-33,45-46H,7,34H2,1-6H3. The average molecular weight is 677 g/mol. The van der Waals surface area contributed by atoms with Crippen molar-refractivity contribution < 1.29 is 0 Å². The molecule has 2 atom stereocenters. The quantitative estimate of drug-likeness (QED) is 0.113. The maximum Gasteiger partial charge on any atom is 0.0185 e. The molecular weight excluding hydrogens is 626 g/mol. The van der Waals surface area contributed by atoms with E-state index in [0.717, 1.165) is 12.8 Å². The summed E-state index contributed by atoms with van der Waals surface area (Å²) in [7, 11) is -1.60. The van der Waals surface area contributed by atoms with Gasteiger partial charge in [0, 0.05) is 11.3 Å². The van der Waals surface area contributed by atoms with Crippen LogP contribution in [0.5, 0.6) is 0 Å². The summed E-state index contributed by atoms with van der Waals surface area (Å²) in [6, 6.07) is 60.9. The van der Waals surface area contributed by atoms with Crippen molar-refractivity contribution in [3.8, 4) is 0 Å². The van der Waals surface area contributed by atoms with Gasteiger partial charge in [-0.25, -0.2) is 0 Å². The highest BCUT2D eigenvalue weighted by atomic mass is 31.1. The first-order valence-electron chi connectivity index (χ1n) is 17.7. The molecule has 0 amide bonds. The number of hydrogen-bond donors (Lipinski definition) is 0. The van der Waals surface area contributed by atoms with Crippen LogP contribution in [-0.4, -0.2) is 0 Å². The predicted molar refractivity (Wildman–Crippen MR) is 218 cm³/mol. The van der Waals surface area contributed by atoms with Crippen molar-refractivity contribution in [1.29, 1.82) is 0 Å². The van der Waals surface area contributed by atoms with Gasteiger partial charge < -0.3 is 0 Å². The second-order valence-corrected chi connectivity index (χ2v) is 18.5. The van der Waals surface area contributed by atoms with Crippen molar-refractivity contribution in [1.82, 2.24) is 0 Å². The first-order chi connectivity index (χ1) is 23.8. The molecule has 248 valence electrons. The van der Waals surface area contributed by atoms with E-state index in [1.54, 1.807) is 0 Å². The summed E-state index contributed by atoms with van der Waals surface area (Å²) in [6.45, 7) is 13.9. The molecule has 0 aromatic heterocycles. The molecular formula is C47H50P2. The molecule has 0 fully saturated rings. The van der Waals surface area contributed by atoms with Crippen LogP contribution in [0.3, 0.4) is 0 Å². The zero-order chi connectivity index (χ0) is 34.4. The summed E-state index contributed by atoms with van der Waals surface area (Å²) in [5, 5.41) is 5.79. The number of rotatable bonds is 12. The molecule has 6 aromatic carbocycles. The Bertz CT molecular complexity index is 1660. The molecule has 0 bridgehead atoms. The van der Waals surface area contributed by atoms with E-state index >= 15 is 0 Å². The van der Waals surface area contributed by atoms with Crippen LogP contribution in [-0.2, 0) is 0 Å². The van der Waals surface area contributed by atoms with Gasteiger partial charge in [0.1, 0.15) is 0 Å². The second-order valence-electron chi connectivity index (χ2n) is 14.0. The van der Waals surface area contributed by atoms with Crippen LogP contribution < -0.4 is 21.2 Å². The van der Waals surface area contributed by atoms with Crippen LogP contribution in [0.25, 0.3) is 0 Å². The van der Waals surface area contributed by atoms with Crippen molar-refractivity contribution in [2.24, 2.45) is 5.41 Å². The molecule has 0 saturated heterocycles. The second kappa shape index (κ2) is 15.8. The van der Waals surface area contributed by atoms with E-state index in [4.69, 9.17) is 0 Å². The summed E-state index contributed by atoms with van der Waals surface area (Å²) in [6.07, 6.45) is 2.22. The van der Waals surface area contributed by atoms with Crippen LogP contribution in [0.1, 0.15) is 71.4 Å². The lowest BCUT2D eigenvalue weighted by Crippen LogP contribution is -2.37. The minimum Gasteiger partial charge on any atom is -0.0654 e. The van der Waals surface area contributed by atoms with Gasteiger partial charge in [0.25, 0.3) is 0 Å². The third-order valence-electron chi connectivity index (χ3n) is 10.0. The zero-order valence-electron chi connectivity index (χ0n) is 30.0. The molecule has 2 unspecified atom stereocenters. The van der Waals surface area contributed by atoms with E-state index in [0.29, 0.717) is 0 Å². The van der Waals surface area contributed by atoms with Crippen molar-refractivity contribution in [3.63, 3.8) is 0 Å². The molecule has 0 heterocycles. The zero-order valence-corrected chi connectivity index (χ0v) is 31.8. The highest BCUT2D eigenvalue weighted by molar-refractivity contribution is 7.74. The van der Waals surface area contributed by atoms with Gasteiger partial charge in [-0.1, -0.05) is 200 Å². The van der Waals surface area contributed by atoms with Gasteiger partial charge in [-0.15, -0.1) is 0 Å². The molecule has 49 heavy (non-hydrogen) atoms. The molecule has 0 aliphatic rings. The molecule has 0 nitrogen and oxygen atoms in total. The Morgan fingerprint density at radius 1 is 0.408 bits per heavy atom. The third kappa shape index (κ3) is 7.83. The van der Waals surface area contributed by atoms with Gasteiger partial charge >= 0.3 is 0 Å². The van der Waals surface area contributed by atoms with Gasteiger partial charge in [0.15, 0.2) is 0 Å². The Morgan fingerprint density at radius 2 is 0.673 bits per heavy atom. The van der Waals surface area contributed by atoms with Gasteiger partial charge in [-0.05, 0) is 87.7 Å². The fraction of sp³-hybridized carbons (Fsp3) is 0.234. The van der Waals surface area contributed by atoms with Crippen molar-refractivity contribution in [2.75, 3.05) is 0 Å². The minimum atomic E-state index is -0.800. The van der Waals surface area contributed by atoms with Crippen molar-refractivity contribution in [2.45, 2.75) is 65.7 Å². The maximum absolute atomic E-state index is 2.65. The number of hydrogen-bond acceptors (Lipinski definition) is 0. The molecule has 0 radical (unpaired) electrons. The lowest BCUT2D eigenvalue weighted by atomic mass is 9.74. The topological polar surface area (TPSA) is 0 Å². The largest absolute Gasteiger partial charge is 0.0654 e. The van der Waals surface area contributed by atoms with E-state index in [1.165, 1.54) is 54.6 Å². The smallest absolute Gasteiger partial charge is 0.0185 e. The van der Waals surface area contributed by atoms with Gasteiger partial charge in [-0.2, -0.15) is 0 Å². The van der Waals surface area contributed by atoms with Gasteiger partial charge in [0.2, 0.25) is 0 Å². The molecule has 0 aliphatic heterocycles. The third-order valence-corrected chi connectivity index (χ3v) is 16.3. The Kier molecular flexibility index (Phi) is 11.3. The van der Waals surface area contributed by atoms with Gasteiger partial charge in [-0.3, -0.25) is 0 Å². The minimum absolute atomic E-state index is 0.111. The molecule has 0 aliphatic carbocycles. The number of aryl methyl sites for hydroxylation is 4. The van der Waals surface area contributed by atoms with Crippen LogP contribution in [0, 0.1) is 33.1 Å². The molecule has 6 aromatic rings. The van der Waals surface area contributed by atoms with Crippen molar-refractivity contribution in [3.05, 3.63) is 191 Å². The Labute approximate surface area is 298 Å². The van der Waals surface area contributed by atoms with Crippen LogP contribution in [0.15, 0.2) is 158 Å². The fourth-order valence-corrected chi connectivity index (χ4v) is 14.1. The highest BCUT2D eigenvalue weighted by Crippen LogP contribution is 2.70. The lowest BCUT2D eigenvalue weighted by Gasteiger charge is -2.51. The molecule has 2 heteroatoms. The summed E-state index contributed by atoms with van der Waals surface area (Å²) >= 11 is 0. The van der Waals surface area contributed by atoms with Crippen molar-refractivity contribution >= 4 is 37.1 Å². The van der Waals surface area contributed by atoms with E-state index in [1.807, 2.05) is 0 Å². The van der Waals surface area contributed by atoms with E-state index in [9.17, 15) is 0 Å². The normalized spacial score (nSPS) is 14.0. The summed E-state index contributed by atoms with van der Waals surface area (Å²) in [5.74, 6) is 0. The monoisotopic (exact) mass is 676 g/mol. The Morgan fingerprint density at radius 3 is 0.918 bits per heavy atom. The maximum atomic E-state index is 2.65. The first kappa shape index (κ1) is 35.0. The average Bonchev–Trinajstić information content (AvgIpc) is 3.12. The highest BCUT2D eigenvalue weighted by Gasteiger charge is 2.49. The fourth-order valence-electron chi connectivity index (χ4n) is 7.60. The number of benzene rings is 6. The van der Waals surface area contributed by atoms with E-state index in [-0.39, 0.29) is 16.7 Å². The molecule has 0 saturated carbocycles. The van der Waals surface area contributed by atoms with Crippen LogP contribution >= 0.6 is 15.8 Å². The molecule has 6 rings (SSSR count).